The smallest absolute Gasteiger partial charge is 0.0687 e. The van der Waals surface area contributed by atoms with Gasteiger partial charge in [0.25, 0.3) is 0 Å². The van der Waals surface area contributed by atoms with Crippen LogP contribution in [0.25, 0.3) is 6.08 Å². The van der Waals surface area contributed by atoms with Gasteiger partial charge in [-0.2, -0.15) is 0 Å². The molecule has 0 radical (unpaired) electrons. The van der Waals surface area contributed by atoms with E-state index in [-0.39, 0.29) is 5.92 Å². The molecule has 0 aliphatic carbocycles. The first-order valence-electron chi connectivity index (χ1n) is 9.51. The molecule has 1 aliphatic heterocycles. The molecule has 1 heterocycles. The zero-order valence-corrected chi connectivity index (χ0v) is 15.4. The van der Waals surface area contributed by atoms with E-state index >= 15 is 0 Å². The van der Waals surface area contributed by atoms with Crippen molar-refractivity contribution in [2.75, 3.05) is 13.2 Å². The van der Waals surface area contributed by atoms with Crippen LogP contribution >= 0.6 is 0 Å². The topological polar surface area (TPSA) is 9.23 Å². The summed E-state index contributed by atoms with van der Waals surface area (Å²) in [6, 6.07) is 31.9. The van der Waals surface area contributed by atoms with Crippen molar-refractivity contribution in [3.63, 3.8) is 0 Å². The minimum Gasteiger partial charge on any atom is -0.376 e. The average molecular weight is 352 g/mol. The molecule has 1 saturated heterocycles. The largest absolute Gasteiger partial charge is 0.376 e. The van der Waals surface area contributed by atoms with E-state index in [0.717, 1.165) is 6.61 Å². The summed E-state index contributed by atoms with van der Waals surface area (Å²) in [7, 11) is 0. The third-order valence-electron chi connectivity index (χ3n) is 5.05. The van der Waals surface area contributed by atoms with Gasteiger partial charge in [0.05, 0.1) is 13.2 Å². The number of allylic oxidation sites excluding steroid dienone is 1. The first-order valence-corrected chi connectivity index (χ1v) is 9.51. The molecule has 1 heteroatoms. The zero-order chi connectivity index (χ0) is 18.3. The minimum atomic E-state index is 0.256. The molecule has 3 aromatic rings. The first kappa shape index (κ1) is 17.5. The molecule has 1 nitrogen and oxygen atoms in total. The molecule has 1 unspecified atom stereocenters. The molecule has 0 N–H and O–H groups in total. The summed E-state index contributed by atoms with van der Waals surface area (Å²) in [5.41, 5.74) is 5.20. The van der Waals surface area contributed by atoms with E-state index in [1.165, 1.54) is 22.3 Å². The normalized spacial score (nSPS) is 18.6. The second-order valence-corrected chi connectivity index (χ2v) is 6.94. The van der Waals surface area contributed by atoms with Gasteiger partial charge < -0.3 is 4.74 Å². The molecule has 0 aromatic heterocycles. The Morgan fingerprint density at radius 1 is 0.741 bits per heavy atom. The van der Waals surface area contributed by atoms with Gasteiger partial charge in [-0.25, -0.2) is 0 Å². The molecular formula is C26H24O. The summed E-state index contributed by atoms with van der Waals surface area (Å²) in [5.74, 6) is 0.589. The molecular weight excluding hydrogens is 328 g/mol. The Labute approximate surface area is 161 Å². The molecule has 1 aliphatic rings. The van der Waals surface area contributed by atoms with Crippen molar-refractivity contribution >= 4 is 6.08 Å². The average Bonchev–Trinajstić information content (AvgIpc) is 3.17. The van der Waals surface area contributed by atoms with Crippen LogP contribution in [0, 0.1) is 5.92 Å². The Morgan fingerprint density at radius 2 is 1.30 bits per heavy atom. The summed E-state index contributed by atoms with van der Waals surface area (Å²) < 4.78 is 5.77. The summed E-state index contributed by atoms with van der Waals surface area (Å²) in [4.78, 5) is 0. The van der Waals surface area contributed by atoms with Crippen LogP contribution in [-0.2, 0) is 4.74 Å². The first-order chi connectivity index (χ1) is 13.4. The van der Waals surface area contributed by atoms with E-state index < -0.39 is 0 Å². The fourth-order valence-electron chi connectivity index (χ4n) is 3.59. The highest BCUT2D eigenvalue weighted by molar-refractivity contribution is 5.54. The number of benzene rings is 3. The van der Waals surface area contributed by atoms with Crippen LogP contribution in [-0.4, -0.2) is 13.2 Å². The third-order valence-corrected chi connectivity index (χ3v) is 5.05. The Balaban J connectivity index is 1.61. The fraction of sp³-hybridized carbons (Fsp3) is 0.154. The standard InChI is InChI=1S/C26H24O/c1-4-10-21(11-5-1)18-25-20-27-19-24(25)16-17-26(22-12-6-2-7-13-22)23-14-8-3-9-15-23/h1-18,24,26H,19-20H2/b17-16+,25-18-. The SMILES string of the molecule is C(=C\C(c1ccccc1)c1ccccc1)/C1COC/C1=C/c1ccccc1. The van der Waals surface area contributed by atoms with Gasteiger partial charge in [-0.05, 0) is 22.3 Å². The predicted octanol–water partition coefficient (Wildman–Crippen LogP) is 6.10. The lowest BCUT2D eigenvalue weighted by Crippen LogP contribution is -2.02. The van der Waals surface area contributed by atoms with Gasteiger partial charge in [-0.3, -0.25) is 0 Å². The maximum absolute atomic E-state index is 5.77. The van der Waals surface area contributed by atoms with Crippen molar-refractivity contribution in [1.29, 1.82) is 0 Å². The molecule has 0 saturated carbocycles. The number of hydrogen-bond donors (Lipinski definition) is 0. The fourth-order valence-corrected chi connectivity index (χ4v) is 3.59. The number of rotatable bonds is 5. The van der Waals surface area contributed by atoms with E-state index in [0.29, 0.717) is 12.5 Å². The van der Waals surface area contributed by atoms with Crippen LogP contribution in [0.3, 0.4) is 0 Å². The van der Waals surface area contributed by atoms with Crippen molar-refractivity contribution in [3.05, 3.63) is 125 Å². The maximum Gasteiger partial charge on any atom is 0.0687 e. The molecule has 3 aromatic carbocycles. The summed E-state index contributed by atoms with van der Waals surface area (Å²) in [6.07, 6.45) is 6.93. The van der Waals surface area contributed by atoms with Crippen LogP contribution in [0.15, 0.2) is 109 Å². The summed E-state index contributed by atoms with van der Waals surface area (Å²) >= 11 is 0. The lowest BCUT2D eigenvalue weighted by atomic mass is 9.89. The van der Waals surface area contributed by atoms with Gasteiger partial charge in [0.15, 0.2) is 0 Å². The molecule has 134 valence electrons. The number of ether oxygens (including phenoxy) is 1. The van der Waals surface area contributed by atoms with Gasteiger partial charge in [-0.1, -0.05) is 109 Å². The van der Waals surface area contributed by atoms with E-state index in [9.17, 15) is 0 Å². The minimum absolute atomic E-state index is 0.256. The Bertz CT molecular complexity index is 855. The van der Waals surface area contributed by atoms with Crippen LogP contribution in [0.4, 0.5) is 0 Å². The number of hydrogen-bond acceptors (Lipinski definition) is 1. The van der Waals surface area contributed by atoms with E-state index in [2.05, 4.69) is 109 Å². The molecule has 0 amide bonds. The highest BCUT2D eigenvalue weighted by atomic mass is 16.5. The van der Waals surface area contributed by atoms with Gasteiger partial charge in [0.2, 0.25) is 0 Å². The van der Waals surface area contributed by atoms with Crippen LogP contribution < -0.4 is 0 Å². The molecule has 27 heavy (non-hydrogen) atoms. The monoisotopic (exact) mass is 352 g/mol. The maximum atomic E-state index is 5.77. The predicted molar refractivity (Wildman–Crippen MR) is 113 cm³/mol. The molecule has 4 rings (SSSR count). The van der Waals surface area contributed by atoms with E-state index in [1.54, 1.807) is 0 Å². The van der Waals surface area contributed by atoms with E-state index in [4.69, 9.17) is 4.74 Å². The zero-order valence-electron chi connectivity index (χ0n) is 15.4. The second-order valence-electron chi connectivity index (χ2n) is 6.94. The summed E-state index contributed by atoms with van der Waals surface area (Å²) in [5, 5.41) is 0. The van der Waals surface area contributed by atoms with Gasteiger partial charge in [0.1, 0.15) is 0 Å². The lowest BCUT2D eigenvalue weighted by Gasteiger charge is -2.15. The lowest BCUT2D eigenvalue weighted by molar-refractivity contribution is 0.195. The van der Waals surface area contributed by atoms with Crippen molar-refractivity contribution in [1.82, 2.24) is 0 Å². The Morgan fingerprint density at radius 3 is 1.89 bits per heavy atom. The summed E-state index contributed by atoms with van der Waals surface area (Å²) in [6.45, 7) is 1.47. The van der Waals surface area contributed by atoms with Gasteiger partial charge >= 0.3 is 0 Å². The highest BCUT2D eigenvalue weighted by Crippen LogP contribution is 2.29. The van der Waals surface area contributed by atoms with Crippen molar-refractivity contribution < 1.29 is 4.74 Å². The van der Waals surface area contributed by atoms with Gasteiger partial charge in [-0.15, -0.1) is 0 Å². The molecule has 0 bridgehead atoms. The Kier molecular flexibility index (Phi) is 5.61. The van der Waals surface area contributed by atoms with Crippen molar-refractivity contribution in [2.45, 2.75) is 5.92 Å². The van der Waals surface area contributed by atoms with Crippen LogP contribution in [0.2, 0.25) is 0 Å². The molecule has 1 fully saturated rings. The van der Waals surface area contributed by atoms with Crippen molar-refractivity contribution in [2.24, 2.45) is 5.92 Å². The van der Waals surface area contributed by atoms with Crippen LogP contribution in [0.1, 0.15) is 22.6 Å². The van der Waals surface area contributed by atoms with Crippen LogP contribution in [0.5, 0.6) is 0 Å². The van der Waals surface area contributed by atoms with E-state index in [1.807, 2.05) is 0 Å². The highest BCUT2D eigenvalue weighted by Gasteiger charge is 2.20. The molecule has 0 spiro atoms. The molecule has 1 atom stereocenters. The quantitative estimate of drug-likeness (QED) is 0.504. The van der Waals surface area contributed by atoms with Gasteiger partial charge in [0, 0.05) is 11.8 Å². The Hall–Kier alpha value is -2.90. The van der Waals surface area contributed by atoms with Crippen molar-refractivity contribution in [3.8, 4) is 0 Å². The second kappa shape index (κ2) is 8.66. The third kappa shape index (κ3) is 4.45.